The van der Waals surface area contributed by atoms with Crippen LogP contribution < -0.4 is 10.1 Å². The summed E-state index contributed by atoms with van der Waals surface area (Å²) in [6.45, 7) is 9.12. The molecule has 0 spiro atoms. The van der Waals surface area contributed by atoms with Crippen LogP contribution in [-0.4, -0.2) is 6.54 Å². The lowest BCUT2D eigenvalue weighted by Gasteiger charge is -2.13. The van der Waals surface area contributed by atoms with Gasteiger partial charge in [0.1, 0.15) is 12.4 Å². The quantitative estimate of drug-likeness (QED) is 0.712. The van der Waals surface area contributed by atoms with Gasteiger partial charge in [-0.2, -0.15) is 0 Å². The van der Waals surface area contributed by atoms with Crippen molar-refractivity contribution in [2.45, 2.75) is 40.3 Å². The van der Waals surface area contributed by atoms with E-state index in [1.54, 1.807) is 0 Å². The fourth-order valence-electron chi connectivity index (χ4n) is 2.25. The predicted octanol–water partition coefficient (Wildman–Crippen LogP) is 4.71. The van der Waals surface area contributed by atoms with Crippen molar-refractivity contribution in [2.24, 2.45) is 5.92 Å². The van der Waals surface area contributed by atoms with Crippen LogP contribution in [0.5, 0.6) is 5.75 Å². The highest BCUT2D eigenvalue weighted by atomic mass is 16.5. The maximum Gasteiger partial charge on any atom is 0.124 e. The Kier molecular flexibility index (Phi) is 6.47. The Morgan fingerprint density at radius 1 is 1.00 bits per heavy atom. The summed E-state index contributed by atoms with van der Waals surface area (Å²) in [5.74, 6) is 1.71. The van der Waals surface area contributed by atoms with E-state index in [1.165, 1.54) is 23.1 Å². The molecule has 0 aliphatic carbocycles. The number of rotatable bonds is 8. The number of para-hydroxylation sites is 1. The Morgan fingerprint density at radius 3 is 2.45 bits per heavy atom. The molecule has 118 valence electrons. The second-order valence-corrected chi connectivity index (χ2v) is 6.24. The minimum atomic E-state index is 0.614. The van der Waals surface area contributed by atoms with E-state index in [-0.39, 0.29) is 0 Å². The topological polar surface area (TPSA) is 21.3 Å². The lowest BCUT2D eigenvalue weighted by Crippen LogP contribution is -2.16. The van der Waals surface area contributed by atoms with Crippen LogP contribution >= 0.6 is 0 Å². The highest BCUT2D eigenvalue weighted by Gasteiger charge is 2.03. The lowest BCUT2D eigenvalue weighted by atomic mass is 10.1. The summed E-state index contributed by atoms with van der Waals surface area (Å²) in [6, 6.07) is 16.8. The lowest BCUT2D eigenvalue weighted by molar-refractivity contribution is 0.302. The van der Waals surface area contributed by atoms with Crippen molar-refractivity contribution in [1.82, 2.24) is 5.32 Å². The Labute approximate surface area is 134 Å². The molecular formula is C20H27NO. The highest BCUT2D eigenvalue weighted by Crippen LogP contribution is 2.19. The smallest absolute Gasteiger partial charge is 0.124 e. The van der Waals surface area contributed by atoms with Crippen molar-refractivity contribution in [2.75, 3.05) is 6.54 Å². The first-order valence-corrected chi connectivity index (χ1v) is 8.12. The zero-order valence-electron chi connectivity index (χ0n) is 13.9. The Morgan fingerprint density at radius 2 is 1.73 bits per heavy atom. The van der Waals surface area contributed by atoms with Gasteiger partial charge in [0.25, 0.3) is 0 Å². The zero-order chi connectivity index (χ0) is 15.8. The maximum absolute atomic E-state index is 6.00. The van der Waals surface area contributed by atoms with Crippen molar-refractivity contribution in [3.05, 3.63) is 65.2 Å². The zero-order valence-corrected chi connectivity index (χ0v) is 13.9. The first-order chi connectivity index (χ1) is 10.6. The fraction of sp³-hybridized carbons (Fsp3) is 0.400. The molecule has 0 aromatic heterocycles. The van der Waals surface area contributed by atoms with Crippen LogP contribution in [0.25, 0.3) is 0 Å². The van der Waals surface area contributed by atoms with Gasteiger partial charge in [-0.05, 0) is 37.4 Å². The largest absolute Gasteiger partial charge is 0.489 e. The number of ether oxygens (including phenoxy) is 1. The molecule has 0 atom stereocenters. The standard InChI is InChI=1S/C20H27NO/c1-16(2)12-13-21-14-19-6-4-5-7-20(19)22-15-18-10-8-17(3)9-11-18/h4-11,16,21H,12-15H2,1-3H3. The molecule has 0 unspecified atom stereocenters. The van der Waals surface area contributed by atoms with Gasteiger partial charge in [0, 0.05) is 12.1 Å². The average molecular weight is 297 g/mol. The van der Waals surface area contributed by atoms with E-state index >= 15 is 0 Å². The van der Waals surface area contributed by atoms with Crippen LogP contribution in [0, 0.1) is 12.8 Å². The second-order valence-electron chi connectivity index (χ2n) is 6.24. The molecular weight excluding hydrogens is 270 g/mol. The molecule has 0 saturated heterocycles. The number of hydrogen-bond acceptors (Lipinski definition) is 2. The van der Waals surface area contributed by atoms with Gasteiger partial charge in [-0.3, -0.25) is 0 Å². The summed E-state index contributed by atoms with van der Waals surface area (Å²) >= 11 is 0. The molecule has 0 radical (unpaired) electrons. The third kappa shape index (κ3) is 5.53. The average Bonchev–Trinajstić information content (AvgIpc) is 2.52. The van der Waals surface area contributed by atoms with Gasteiger partial charge in [-0.25, -0.2) is 0 Å². The number of benzene rings is 2. The van der Waals surface area contributed by atoms with Gasteiger partial charge >= 0.3 is 0 Å². The molecule has 0 aliphatic rings. The van der Waals surface area contributed by atoms with Crippen molar-refractivity contribution in [3.8, 4) is 5.75 Å². The van der Waals surface area contributed by atoms with Gasteiger partial charge in [-0.1, -0.05) is 61.9 Å². The predicted molar refractivity (Wildman–Crippen MR) is 93.1 cm³/mol. The maximum atomic E-state index is 6.00. The molecule has 1 N–H and O–H groups in total. The van der Waals surface area contributed by atoms with Gasteiger partial charge < -0.3 is 10.1 Å². The van der Waals surface area contributed by atoms with Gasteiger partial charge in [0.2, 0.25) is 0 Å². The minimum absolute atomic E-state index is 0.614. The van der Waals surface area contributed by atoms with Gasteiger partial charge in [0.05, 0.1) is 0 Å². The van der Waals surface area contributed by atoms with E-state index < -0.39 is 0 Å². The second kappa shape index (κ2) is 8.60. The number of aryl methyl sites for hydroxylation is 1. The molecule has 2 aromatic rings. The molecule has 2 nitrogen and oxygen atoms in total. The van der Waals surface area contributed by atoms with Crippen molar-refractivity contribution in [1.29, 1.82) is 0 Å². The van der Waals surface area contributed by atoms with Crippen molar-refractivity contribution < 1.29 is 4.74 Å². The molecule has 2 heteroatoms. The highest BCUT2D eigenvalue weighted by molar-refractivity contribution is 5.33. The molecule has 0 heterocycles. The van der Waals surface area contributed by atoms with E-state index in [0.717, 1.165) is 24.8 Å². The summed E-state index contributed by atoms with van der Waals surface area (Å²) in [4.78, 5) is 0. The minimum Gasteiger partial charge on any atom is -0.489 e. The van der Waals surface area contributed by atoms with Gasteiger partial charge in [0.15, 0.2) is 0 Å². The summed E-state index contributed by atoms with van der Waals surface area (Å²) in [5, 5.41) is 3.50. The van der Waals surface area contributed by atoms with E-state index in [1.807, 2.05) is 12.1 Å². The molecule has 0 fully saturated rings. The van der Waals surface area contributed by atoms with Crippen molar-refractivity contribution in [3.63, 3.8) is 0 Å². The normalized spacial score (nSPS) is 10.9. The molecule has 2 rings (SSSR count). The third-order valence-corrected chi connectivity index (χ3v) is 3.70. The van der Waals surface area contributed by atoms with Crippen LogP contribution in [-0.2, 0) is 13.2 Å². The molecule has 0 amide bonds. The van der Waals surface area contributed by atoms with Crippen LogP contribution in [0.15, 0.2) is 48.5 Å². The van der Waals surface area contributed by atoms with Crippen LogP contribution in [0.2, 0.25) is 0 Å². The monoisotopic (exact) mass is 297 g/mol. The Bertz CT molecular complexity index is 560. The summed E-state index contributed by atoms with van der Waals surface area (Å²) in [6.07, 6.45) is 1.20. The van der Waals surface area contributed by atoms with E-state index in [4.69, 9.17) is 4.74 Å². The summed E-state index contributed by atoms with van der Waals surface area (Å²) in [5.41, 5.74) is 3.70. The number of hydrogen-bond donors (Lipinski definition) is 1. The van der Waals surface area contributed by atoms with E-state index in [2.05, 4.69) is 62.5 Å². The van der Waals surface area contributed by atoms with Crippen LogP contribution in [0.4, 0.5) is 0 Å². The Hall–Kier alpha value is -1.80. The summed E-state index contributed by atoms with van der Waals surface area (Å²) in [7, 11) is 0. The molecule has 0 aliphatic heterocycles. The van der Waals surface area contributed by atoms with Crippen molar-refractivity contribution >= 4 is 0 Å². The summed E-state index contributed by atoms with van der Waals surface area (Å²) < 4.78 is 6.00. The van der Waals surface area contributed by atoms with Gasteiger partial charge in [-0.15, -0.1) is 0 Å². The van der Waals surface area contributed by atoms with E-state index in [0.29, 0.717) is 6.61 Å². The first-order valence-electron chi connectivity index (χ1n) is 8.12. The third-order valence-electron chi connectivity index (χ3n) is 3.70. The SMILES string of the molecule is Cc1ccc(COc2ccccc2CNCCC(C)C)cc1. The Balaban J connectivity index is 1.89. The molecule has 0 saturated carbocycles. The molecule has 22 heavy (non-hydrogen) atoms. The van der Waals surface area contributed by atoms with E-state index in [9.17, 15) is 0 Å². The molecule has 0 bridgehead atoms. The van der Waals surface area contributed by atoms with Crippen LogP contribution in [0.3, 0.4) is 0 Å². The fourth-order valence-corrected chi connectivity index (χ4v) is 2.25. The molecule has 2 aromatic carbocycles. The van der Waals surface area contributed by atoms with Crippen LogP contribution in [0.1, 0.15) is 37.0 Å². The first kappa shape index (κ1) is 16.6. The number of nitrogens with one attached hydrogen (secondary N) is 1.